The predicted octanol–water partition coefficient (Wildman–Crippen LogP) is 1.70. The minimum Gasteiger partial charge on any atom is -0.497 e. The van der Waals surface area contributed by atoms with Crippen LogP contribution in [0, 0.1) is 0 Å². The van der Waals surface area contributed by atoms with Gasteiger partial charge in [-0.15, -0.1) is 12.4 Å². The molecule has 0 radical (unpaired) electrons. The van der Waals surface area contributed by atoms with E-state index < -0.39 is 0 Å². The van der Waals surface area contributed by atoms with Crippen LogP contribution in [0.15, 0.2) is 24.3 Å². The van der Waals surface area contributed by atoms with E-state index in [1.807, 2.05) is 34.1 Å². The number of nitrogens with zero attached hydrogens (tertiary/aromatic N) is 2. The van der Waals surface area contributed by atoms with Crippen molar-refractivity contribution in [3.05, 3.63) is 24.3 Å². The molecule has 1 aromatic carbocycles. The lowest BCUT2D eigenvalue weighted by Crippen LogP contribution is -2.57. The van der Waals surface area contributed by atoms with Gasteiger partial charge >= 0.3 is 0 Å². The normalized spacial score (nSPS) is 19.8. The molecule has 2 saturated heterocycles. The third-order valence-corrected chi connectivity index (χ3v) is 5.18. The fourth-order valence-corrected chi connectivity index (χ4v) is 3.69. The van der Waals surface area contributed by atoms with Crippen LogP contribution in [0.5, 0.6) is 11.5 Å². The molecular formula is C20H30ClN3O4. The van der Waals surface area contributed by atoms with Gasteiger partial charge in [0, 0.05) is 38.6 Å². The van der Waals surface area contributed by atoms with Gasteiger partial charge in [0.05, 0.1) is 20.3 Å². The first-order chi connectivity index (χ1) is 13.2. The molecule has 3 rings (SSSR count). The van der Waals surface area contributed by atoms with E-state index >= 15 is 0 Å². The smallest absolute Gasteiger partial charge is 0.236 e. The van der Waals surface area contributed by atoms with Gasteiger partial charge in [-0.2, -0.15) is 0 Å². The summed E-state index contributed by atoms with van der Waals surface area (Å²) in [6.45, 7) is 3.93. The van der Waals surface area contributed by atoms with Gasteiger partial charge in [0.15, 0.2) is 0 Å². The lowest BCUT2D eigenvalue weighted by molar-refractivity contribution is -0.140. The first-order valence-electron chi connectivity index (χ1n) is 9.72. The number of hydrogen-bond acceptors (Lipinski definition) is 5. The highest BCUT2D eigenvalue weighted by Gasteiger charge is 2.31. The number of halogens is 1. The van der Waals surface area contributed by atoms with Crippen molar-refractivity contribution >= 4 is 24.2 Å². The molecule has 2 aliphatic rings. The Morgan fingerprint density at radius 3 is 2.68 bits per heavy atom. The molecule has 2 aliphatic heterocycles. The van der Waals surface area contributed by atoms with Crippen molar-refractivity contribution < 1.29 is 19.1 Å². The first kappa shape index (κ1) is 22.3. The van der Waals surface area contributed by atoms with Crippen LogP contribution in [0.1, 0.15) is 25.7 Å². The molecule has 156 valence electrons. The molecule has 1 N–H and O–H groups in total. The average molecular weight is 412 g/mol. The molecule has 1 unspecified atom stereocenters. The monoisotopic (exact) mass is 411 g/mol. The van der Waals surface area contributed by atoms with E-state index in [0.717, 1.165) is 44.0 Å². The number of carbonyl (C=O) groups excluding carboxylic acids is 2. The Balaban J connectivity index is 0.00000280. The summed E-state index contributed by atoms with van der Waals surface area (Å²) in [6.07, 6.45) is 3.09. The molecule has 2 amide bonds. The maximum Gasteiger partial charge on any atom is 0.236 e. The SMILES string of the molecule is COc1ccc(OCCCC(=O)N2CCCC(N3CCNCC3=O)C2)cc1.Cl. The van der Waals surface area contributed by atoms with Crippen molar-refractivity contribution in [2.45, 2.75) is 31.7 Å². The summed E-state index contributed by atoms with van der Waals surface area (Å²) < 4.78 is 10.8. The summed E-state index contributed by atoms with van der Waals surface area (Å²) >= 11 is 0. The number of piperidine rings is 1. The van der Waals surface area contributed by atoms with Gasteiger partial charge in [0.1, 0.15) is 11.5 Å². The lowest BCUT2D eigenvalue weighted by Gasteiger charge is -2.41. The molecule has 0 spiro atoms. The van der Waals surface area contributed by atoms with E-state index in [9.17, 15) is 9.59 Å². The van der Waals surface area contributed by atoms with E-state index in [2.05, 4.69) is 5.32 Å². The first-order valence-corrected chi connectivity index (χ1v) is 9.72. The summed E-state index contributed by atoms with van der Waals surface area (Å²) in [5.74, 6) is 1.87. The van der Waals surface area contributed by atoms with Crippen molar-refractivity contribution in [1.29, 1.82) is 0 Å². The number of methoxy groups -OCH3 is 1. The van der Waals surface area contributed by atoms with Gasteiger partial charge in [-0.3, -0.25) is 9.59 Å². The molecule has 2 fully saturated rings. The number of amides is 2. The second-order valence-corrected chi connectivity index (χ2v) is 7.03. The van der Waals surface area contributed by atoms with Crippen molar-refractivity contribution in [2.75, 3.05) is 46.4 Å². The lowest BCUT2D eigenvalue weighted by atomic mass is 10.0. The van der Waals surface area contributed by atoms with Crippen LogP contribution in [-0.2, 0) is 9.59 Å². The van der Waals surface area contributed by atoms with E-state index in [0.29, 0.717) is 32.5 Å². The van der Waals surface area contributed by atoms with E-state index in [4.69, 9.17) is 9.47 Å². The number of likely N-dealkylation sites (tertiary alicyclic amines) is 1. The zero-order valence-electron chi connectivity index (χ0n) is 16.4. The Bertz CT molecular complexity index is 641. The highest BCUT2D eigenvalue weighted by molar-refractivity contribution is 5.85. The Morgan fingerprint density at radius 2 is 1.96 bits per heavy atom. The topological polar surface area (TPSA) is 71.1 Å². The number of rotatable bonds is 7. The fraction of sp³-hybridized carbons (Fsp3) is 0.600. The van der Waals surface area contributed by atoms with Crippen LogP contribution >= 0.6 is 12.4 Å². The van der Waals surface area contributed by atoms with Gasteiger partial charge in [-0.1, -0.05) is 0 Å². The summed E-state index contributed by atoms with van der Waals surface area (Å²) in [6, 6.07) is 7.59. The molecule has 1 atom stereocenters. The fourth-order valence-electron chi connectivity index (χ4n) is 3.69. The van der Waals surface area contributed by atoms with Crippen LogP contribution in [0.2, 0.25) is 0 Å². The predicted molar refractivity (Wildman–Crippen MR) is 109 cm³/mol. The standard InChI is InChI=1S/C20H29N3O4.ClH/c1-26-17-6-8-18(9-7-17)27-13-3-5-19(24)22-11-2-4-16(15-22)23-12-10-21-14-20(23)25;/h6-9,16,21H,2-5,10-15H2,1H3;1H. The molecule has 0 saturated carbocycles. The maximum atomic E-state index is 12.5. The van der Waals surface area contributed by atoms with Crippen LogP contribution in [-0.4, -0.2) is 74.1 Å². The summed E-state index contributed by atoms with van der Waals surface area (Å²) in [5.41, 5.74) is 0. The van der Waals surface area contributed by atoms with Crippen molar-refractivity contribution in [3.8, 4) is 11.5 Å². The molecule has 8 heteroatoms. The molecule has 28 heavy (non-hydrogen) atoms. The van der Waals surface area contributed by atoms with Crippen molar-refractivity contribution in [1.82, 2.24) is 15.1 Å². The quantitative estimate of drug-likeness (QED) is 0.691. The van der Waals surface area contributed by atoms with Crippen LogP contribution in [0.4, 0.5) is 0 Å². The highest BCUT2D eigenvalue weighted by atomic mass is 35.5. The van der Waals surface area contributed by atoms with Crippen LogP contribution in [0.3, 0.4) is 0 Å². The van der Waals surface area contributed by atoms with Crippen LogP contribution in [0.25, 0.3) is 0 Å². The molecule has 0 aromatic heterocycles. The summed E-state index contributed by atoms with van der Waals surface area (Å²) in [4.78, 5) is 28.5. The second kappa shape index (κ2) is 11.1. The molecule has 7 nitrogen and oxygen atoms in total. The molecular weight excluding hydrogens is 382 g/mol. The maximum absolute atomic E-state index is 12.5. The Labute approximate surface area is 172 Å². The van der Waals surface area contributed by atoms with E-state index in [1.165, 1.54) is 0 Å². The van der Waals surface area contributed by atoms with Crippen LogP contribution < -0.4 is 14.8 Å². The number of hydrogen-bond donors (Lipinski definition) is 1. The molecule has 1 aromatic rings. The zero-order chi connectivity index (χ0) is 19.1. The third-order valence-electron chi connectivity index (χ3n) is 5.18. The average Bonchev–Trinajstić information content (AvgIpc) is 2.72. The van der Waals surface area contributed by atoms with Crippen molar-refractivity contribution in [2.24, 2.45) is 0 Å². The van der Waals surface area contributed by atoms with Gasteiger partial charge < -0.3 is 24.6 Å². The minimum absolute atomic E-state index is 0. The number of piperazine rings is 1. The Kier molecular flexibility index (Phi) is 8.86. The Morgan fingerprint density at radius 1 is 1.21 bits per heavy atom. The minimum atomic E-state index is 0. The largest absolute Gasteiger partial charge is 0.497 e. The van der Waals surface area contributed by atoms with Gasteiger partial charge in [-0.25, -0.2) is 0 Å². The second-order valence-electron chi connectivity index (χ2n) is 7.03. The van der Waals surface area contributed by atoms with Gasteiger partial charge in [0.25, 0.3) is 0 Å². The molecule has 2 heterocycles. The number of benzene rings is 1. The van der Waals surface area contributed by atoms with E-state index in [-0.39, 0.29) is 30.3 Å². The zero-order valence-corrected chi connectivity index (χ0v) is 17.2. The molecule has 0 aliphatic carbocycles. The number of ether oxygens (including phenoxy) is 2. The Hall–Kier alpha value is -1.99. The van der Waals surface area contributed by atoms with E-state index in [1.54, 1.807) is 7.11 Å². The number of nitrogens with one attached hydrogen (secondary N) is 1. The van der Waals surface area contributed by atoms with Gasteiger partial charge in [-0.05, 0) is 43.5 Å². The third kappa shape index (κ3) is 6.01. The van der Waals surface area contributed by atoms with Crippen molar-refractivity contribution in [3.63, 3.8) is 0 Å². The molecule has 0 bridgehead atoms. The summed E-state index contributed by atoms with van der Waals surface area (Å²) in [7, 11) is 1.63. The van der Waals surface area contributed by atoms with Gasteiger partial charge in [0.2, 0.25) is 11.8 Å². The highest BCUT2D eigenvalue weighted by Crippen LogP contribution is 2.19. The number of carbonyl (C=O) groups is 2. The summed E-state index contributed by atoms with van der Waals surface area (Å²) in [5, 5.41) is 3.10.